The van der Waals surface area contributed by atoms with Gasteiger partial charge < -0.3 is 9.26 Å². The van der Waals surface area contributed by atoms with E-state index in [0.717, 1.165) is 32.6 Å². The number of nitrogens with zero attached hydrogens (tertiary/aromatic N) is 4. The van der Waals surface area contributed by atoms with Crippen LogP contribution in [0.25, 0.3) is 0 Å². The van der Waals surface area contributed by atoms with Gasteiger partial charge >= 0.3 is 5.97 Å². The van der Waals surface area contributed by atoms with E-state index >= 15 is 0 Å². The van der Waals surface area contributed by atoms with Crippen molar-refractivity contribution in [2.75, 3.05) is 32.8 Å². The number of ether oxygens (including phenoxy) is 1. The molecule has 1 aromatic rings. The first-order valence-electron chi connectivity index (χ1n) is 7.10. The maximum Gasteiger partial charge on any atom is 0.323 e. The Morgan fingerprint density at radius 2 is 2.05 bits per heavy atom. The Morgan fingerprint density at radius 1 is 1.30 bits per heavy atom. The highest BCUT2D eigenvalue weighted by Crippen LogP contribution is 2.22. The monoisotopic (exact) mass is 280 g/mol. The van der Waals surface area contributed by atoms with Crippen molar-refractivity contribution in [3.05, 3.63) is 11.7 Å². The first-order chi connectivity index (χ1) is 9.65. The first kappa shape index (κ1) is 13.5. The van der Waals surface area contributed by atoms with Crippen LogP contribution in [0.3, 0.4) is 0 Å². The van der Waals surface area contributed by atoms with Gasteiger partial charge in [-0.1, -0.05) is 5.16 Å². The summed E-state index contributed by atoms with van der Waals surface area (Å²) in [7, 11) is 0. The van der Waals surface area contributed by atoms with Crippen LogP contribution in [0.15, 0.2) is 4.52 Å². The smallest absolute Gasteiger partial charge is 0.323 e. The molecule has 0 N–H and O–H groups in total. The molecule has 0 unspecified atom stereocenters. The third kappa shape index (κ3) is 2.55. The Balaban J connectivity index is 1.57. The number of hydrogen-bond acceptors (Lipinski definition) is 7. The van der Waals surface area contributed by atoms with Gasteiger partial charge in [0.2, 0.25) is 5.89 Å². The maximum absolute atomic E-state index is 11.6. The number of aryl methyl sites for hydroxylation is 1. The third-order valence-electron chi connectivity index (χ3n) is 4.15. The molecule has 2 fully saturated rings. The van der Waals surface area contributed by atoms with E-state index in [0.29, 0.717) is 18.3 Å². The first-order valence-corrected chi connectivity index (χ1v) is 7.10. The minimum atomic E-state index is -0.0703. The van der Waals surface area contributed by atoms with E-state index in [9.17, 15) is 4.79 Å². The molecule has 0 radical (unpaired) electrons. The number of carbonyl (C=O) groups excluding carboxylic acids is 1. The van der Waals surface area contributed by atoms with E-state index < -0.39 is 0 Å². The second-order valence-electron chi connectivity index (χ2n) is 5.40. The standard InChI is InChI=1S/C13H20N4O3/c1-9(12-14-10(2)15-20-12)16-4-6-17(7-5-16)11-3-8-19-13(11)18/h9,11H,3-8H2,1-2H3/t9-,11+/m1/s1. The Labute approximate surface area is 117 Å². The molecule has 3 heterocycles. The largest absolute Gasteiger partial charge is 0.464 e. The van der Waals surface area contributed by atoms with Crippen molar-refractivity contribution in [2.45, 2.75) is 32.4 Å². The van der Waals surface area contributed by atoms with Gasteiger partial charge in [-0.3, -0.25) is 14.6 Å². The summed E-state index contributed by atoms with van der Waals surface area (Å²) in [6.45, 7) is 7.99. The van der Waals surface area contributed by atoms with Crippen LogP contribution in [0.1, 0.15) is 31.1 Å². The maximum atomic E-state index is 11.6. The highest BCUT2D eigenvalue weighted by atomic mass is 16.5. The van der Waals surface area contributed by atoms with Crippen molar-refractivity contribution in [1.82, 2.24) is 19.9 Å². The van der Waals surface area contributed by atoms with Gasteiger partial charge in [0.05, 0.1) is 12.6 Å². The van der Waals surface area contributed by atoms with E-state index in [1.807, 2.05) is 6.92 Å². The van der Waals surface area contributed by atoms with Gasteiger partial charge in [-0.2, -0.15) is 4.98 Å². The number of piperazine rings is 1. The topological polar surface area (TPSA) is 71.7 Å². The minimum Gasteiger partial charge on any atom is -0.464 e. The summed E-state index contributed by atoms with van der Waals surface area (Å²) >= 11 is 0. The molecule has 2 aliphatic heterocycles. The normalized spacial score (nSPS) is 26.7. The highest BCUT2D eigenvalue weighted by molar-refractivity contribution is 5.77. The predicted octanol–water partition coefficient (Wildman–Crippen LogP) is 0.372. The molecule has 0 saturated carbocycles. The number of hydrogen-bond donors (Lipinski definition) is 0. The van der Waals surface area contributed by atoms with Crippen LogP contribution in [-0.2, 0) is 9.53 Å². The van der Waals surface area contributed by atoms with Gasteiger partial charge in [0, 0.05) is 32.6 Å². The van der Waals surface area contributed by atoms with E-state index in [2.05, 4.69) is 26.9 Å². The van der Waals surface area contributed by atoms with Crippen molar-refractivity contribution < 1.29 is 14.1 Å². The Bertz CT molecular complexity index is 482. The lowest BCUT2D eigenvalue weighted by Gasteiger charge is -2.38. The summed E-state index contributed by atoms with van der Waals surface area (Å²) in [5.41, 5.74) is 0. The lowest BCUT2D eigenvalue weighted by Crippen LogP contribution is -2.52. The fourth-order valence-electron chi connectivity index (χ4n) is 2.89. The van der Waals surface area contributed by atoms with Crippen LogP contribution in [0.2, 0.25) is 0 Å². The average molecular weight is 280 g/mol. The lowest BCUT2D eigenvalue weighted by atomic mass is 10.1. The number of rotatable bonds is 3. The minimum absolute atomic E-state index is 0.0434. The van der Waals surface area contributed by atoms with Gasteiger partial charge in [0.1, 0.15) is 6.04 Å². The van der Waals surface area contributed by atoms with Crippen LogP contribution in [-0.4, -0.2) is 64.7 Å². The van der Waals surface area contributed by atoms with Crippen molar-refractivity contribution in [1.29, 1.82) is 0 Å². The summed E-state index contributed by atoms with van der Waals surface area (Å²) in [5.74, 6) is 1.26. The van der Waals surface area contributed by atoms with Gasteiger partial charge in [-0.05, 0) is 13.8 Å². The lowest BCUT2D eigenvalue weighted by molar-refractivity contribution is -0.143. The van der Waals surface area contributed by atoms with E-state index in [1.165, 1.54) is 0 Å². The molecule has 0 amide bonds. The molecule has 20 heavy (non-hydrogen) atoms. The van der Waals surface area contributed by atoms with Crippen LogP contribution < -0.4 is 0 Å². The molecule has 0 bridgehead atoms. The second kappa shape index (κ2) is 5.49. The van der Waals surface area contributed by atoms with Gasteiger partial charge in [0.25, 0.3) is 0 Å². The van der Waals surface area contributed by atoms with Crippen molar-refractivity contribution in [3.8, 4) is 0 Å². The van der Waals surface area contributed by atoms with Crippen LogP contribution in [0.5, 0.6) is 0 Å². The molecule has 2 aliphatic rings. The molecule has 3 rings (SSSR count). The highest BCUT2D eigenvalue weighted by Gasteiger charge is 2.35. The molecule has 110 valence electrons. The van der Waals surface area contributed by atoms with Crippen LogP contribution >= 0.6 is 0 Å². The van der Waals surface area contributed by atoms with Crippen molar-refractivity contribution in [2.24, 2.45) is 0 Å². The molecule has 0 aromatic carbocycles. The Kier molecular flexibility index (Phi) is 3.71. The second-order valence-corrected chi connectivity index (χ2v) is 5.40. The van der Waals surface area contributed by atoms with Crippen molar-refractivity contribution >= 4 is 5.97 Å². The summed E-state index contributed by atoms with van der Waals surface area (Å²) < 4.78 is 10.3. The molecule has 2 saturated heterocycles. The number of carbonyl (C=O) groups is 1. The summed E-state index contributed by atoms with van der Waals surface area (Å²) in [6, 6.07) is 0.0759. The average Bonchev–Trinajstić information content (AvgIpc) is 3.07. The zero-order valence-corrected chi connectivity index (χ0v) is 11.9. The van der Waals surface area contributed by atoms with Gasteiger partial charge in [0.15, 0.2) is 5.82 Å². The van der Waals surface area contributed by atoms with Gasteiger partial charge in [-0.15, -0.1) is 0 Å². The molecular formula is C13H20N4O3. The molecule has 7 nitrogen and oxygen atoms in total. The molecule has 0 aliphatic carbocycles. The molecule has 2 atom stereocenters. The summed E-state index contributed by atoms with van der Waals surface area (Å²) in [5, 5.41) is 3.84. The van der Waals surface area contributed by atoms with Crippen LogP contribution in [0.4, 0.5) is 0 Å². The third-order valence-corrected chi connectivity index (χ3v) is 4.15. The fraction of sp³-hybridized carbons (Fsp3) is 0.769. The number of cyclic esters (lactones) is 1. The quantitative estimate of drug-likeness (QED) is 0.741. The molecular weight excluding hydrogens is 260 g/mol. The Hall–Kier alpha value is -1.47. The van der Waals surface area contributed by atoms with E-state index in [-0.39, 0.29) is 18.1 Å². The van der Waals surface area contributed by atoms with Crippen LogP contribution in [0, 0.1) is 6.92 Å². The molecule has 0 spiro atoms. The van der Waals surface area contributed by atoms with Gasteiger partial charge in [-0.25, -0.2) is 0 Å². The molecule has 7 heteroatoms. The number of esters is 1. The van der Waals surface area contributed by atoms with E-state index in [4.69, 9.17) is 9.26 Å². The SMILES string of the molecule is Cc1noc([C@@H](C)N2CCN([C@H]3CCOC3=O)CC2)n1. The van der Waals surface area contributed by atoms with Crippen molar-refractivity contribution in [3.63, 3.8) is 0 Å². The summed E-state index contributed by atoms with van der Waals surface area (Å²) in [4.78, 5) is 20.4. The van der Waals surface area contributed by atoms with E-state index in [1.54, 1.807) is 0 Å². The predicted molar refractivity (Wildman–Crippen MR) is 70.0 cm³/mol. The zero-order chi connectivity index (χ0) is 14.1. The molecule has 1 aromatic heterocycles. The Morgan fingerprint density at radius 3 is 2.60 bits per heavy atom. The summed E-state index contributed by atoms with van der Waals surface area (Å²) in [6.07, 6.45) is 0.817. The zero-order valence-electron chi connectivity index (χ0n) is 11.9. The number of aromatic nitrogens is 2. The fourth-order valence-corrected chi connectivity index (χ4v) is 2.89.